The van der Waals surface area contributed by atoms with E-state index < -0.39 is 11.9 Å². The van der Waals surface area contributed by atoms with Crippen molar-refractivity contribution in [3.63, 3.8) is 0 Å². The molecule has 1 aromatic heterocycles. The molecular formula is C11H11BrFN3O2. The van der Waals surface area contributed by atoms with Crippen molar-refractivity contribution in [2.45, 2.75) is 12.5 Å². The number of aromatic nitrogens is 2. The molecule has 0 amide bonds. The molecule has 1 atom stereocenters. The van der Waals surface area contributed by atoms with Crippen LogP contribution in [0.5, 0.6) is 0 Å². The number of rotatable bonds is 4. The van der Waals surface area contributed by atoms with Crippen LogP contribution >= 0.6 is 15.9 Å². The molecule has 0 fully saturated rings. The maximum atomic E-state index is 13.2. The number of hydrogen-bond acceptors (Lipinski definition) is 5. The highest BCUT2D eigenvalue weighted by Gasteiger charge is 2.16. The highest BCUT2D eigenvalue weighted by atomic mass is 79.9. The summed E-state index contributed by atoms with van der Waals surface area (Å²) in [6.45, 7) is 0.310. The van der Waals surface area contributed by atoms with Crippen molar-refractivity contribution in [2.24, 2.45) is 5.73 Å². The molecule has 5 nitrogen and oxygen atoms in total. The first-order chi connectivity index (χ1) is 8.60. The Morgan fingerprint density at radius 2 is 2.22 bits per heavy atom. The van der Waals surface area contributed by atoms with E-state index >= 15 is 0 Å². The summed E-state index contributed by atoms with van der Waals surface area (Å²) in [5.74, 6) is -0.106. The molecule has 0 unspecified atom stereocenters. The van der Waals surface area contributed by atoms with Crippen LogP contribution in [0.1, 0.15) is 18.4 Å². The minimum atomic E-state index is -0.895. The van der Waals surface area contributed by atoms with Gasteiger partial charge in [0.15, 0.2) is 0 Å². The van der Waals surface area contributed by atoms with E-state index in [-0.39, 0.29) is 11.7 Å². The minimum absolute atomic E-state index is 0.0795. The lowest BCUT2D eigenvalue weighted by Gasteiger charge is -2.01. The molecule has 0 saturated carbocycles. The van der Waals surface area contributed by atoms with Crippen LogP contribution in [-0.2, 0) is 0 Å². The molecule has 0 bridgehead atoms. The molecule has 7 heteroatoms. The average Bonchev–Trinajstić information content (AvgIpc) is 2.77. The molecule has 18 heavy (non-hydrogen) atoms. The van der Waals surface area contributed by atoms with Crippen LogP contribution in [0.3, 0.4) is 0 Å². The number of halogens is 2. The van der Waals surface area contributed by atoms with Crippen molar-refractivity contribution < 1.29 is 14.0 Å². The standard InChI is InChI=1S/C11H11BrFN3O2/c12-7-3-6(4-8(13)5-7)10-15-11(18-16-10)9(17)1-2-14/h3-5,9,17H,1-2,14H2/t9-/m0/s1. The smallest absolute Gasteiger partial charge is 0.255 e. The van der Waals surface area contributed by atoms with Gasteiger partial charge in [-0.05, 0) is 31.2 Å². The van der Waals surface area contributed by atoms with E-state index in [1.54, 1.807) is 6.07 Å². The predicted molar refractivity (Wildman–Crippen MR) is 66.0 cm³/mol. The molecule has 0 spiro atoms. The van der Waals surface area contributed by atoms with Gasteiger partial charge in [-0.25, -0.2) is 4.39 Å². The van der Waals surface area contributed by atoms with Gasteiger partial charge in [-0.3, -0.25) is 0 Å². The topological polar surface area (TPSA) is 85.2 Å². The Bertz CT molecular complexity index is 527. The molecule has 0 aliphatic carbocycles. The van der Waals surface area contributed by atoms with Crippen molar-refractivity contribution in [3.05, 3.63) is 34.4 Å². The Morgan fingerprint density at radius 3 is 2.89 bits per heavy atom. The first kappa shape index (κ1) is 13.1. The molecular weight excluding hydrogens is 305 g/mol. The molecule has 96 valence electrons. The van der Waals surface area contributed by atoms with Gasteiger partial charge in [0, 0.05) is 10.0 Å². The third kappa shape index (κ3) is 2.92. The van der Waals surface area contributed by atoms with E-state index in [1.165, 1.54) is 12.1 Å². The second-order valence-corrected chi connectivity index (χ2v) is 4.62. The van der Waals surface area contributed by atoms with Crippen molar-refractivity contribution in [1.82, 2.24) is 10.1 Å². The molecule has 2 aromatic rings. The lowest BCUT2D eigenvalue weighted by Crippen LogP contribution is -2.06. The summed E-state index contributed by atoms with van der Waals surface area (Å²) >= 11 is 3.18. The van der Waals surface area contributed by atoms with Gasteiger partial charge < -0.3 is 15.4 Å². The summed E-state index contributed by atoms with van der Waals surface area (Å²) in [5, 5.41) is 13.3. The number of hydrogen-bond donors (Lipinski definition) is 2. The fourth-order valence-electron chi connectivity index (χ4n) is 1.45. The zero-order chi connectivity index (χ0) is 13.1. The highest BCUT2D eigenvalue weighted by Crippen LogP contribution is 2.24. The van der Waals surface area contributed by atoms with Gasteiger partial charge in [0.25, 0.3) is 5.89 Å². The Balaban J connectivity index is 2.29. The molecule has 0 saturated heterocycles. The Hall–Kier alpha value is -1.31. The maximum absolute atomic E-state index is 13.2. The SMILES string of the molecule is NCC[C@H](O)c1nc(-c2cc(F)cc(Br)c2)no1. The van der Waals surface area contributed by atoms with E-state index in [2.05, 4.69) is 26.1 Å². The fraction of sp³-hybridized carbons (Fsp3) is 0.273. The normalized spacial score (nSPS) is 12.7. The second-order valence-electron chi connectivity index (χ2n) is 3.71. The summed E-state index contributed by atoms with van der Waals surface area (Å²) in [6, 6.07) is 4.27. The Labute approximate surface area is 111 Å². The van der Waals surface area contributed by atoms with E-state index in [4.69, 9.17) is 10.3 Å². The van der Waals surface area contributed by atoms with Crippen molar-refractivity contribution in [3.8, 4) is 11.4 Å². The highest BCUT2D eigenvalue weighted by molar-refractivity contribution is 9.10. The van der Waals surface area contributed by atoms with Gasteiger partial charge in [-0.1, -0.05) is 21.1 Å². The summed E-state index contributed by atoms with van der Waals surface area (Å²) in [5.41, 5.74) is 5.79. The third-order valence-electron chi connectivity index (χ3n) is 2.29. The minimum Gasteiger partial charge on any atom is -0.383 e. The number of nitrogens with two attached hydrogens (primary N) is 1. The Morgan fingerprint density at radius 1 is 1.44 bits per heavy atom. The van der Waals surface area contributed by atoms with Crippen molar-refractivity contribution >= 4 is 15.9 Å². The number of aliphatic hydroxyl groups is 1. The van der Waals surface area contributed by atoms with Crippen LogP contribution in [0, 0.1) is 5.82 Å². The lowest BCUT2D eigenvalue weighted by atomic mass is 10.2. The second kappa shape index (κ2) is 5.55. The van der Waals surface area contributed by atoms with Crippen molar-refractivity contribution in [1.29, 1.82) is 0 Å². The summed E-state index contributed by atoms with van der Waals surface area (Å²) in [4.78, 5) is 4.01. The molecule has 0 aliphatic heterocycles. The van der Waals surface area contributed by atoms with E-state index in [9.17, 15) is 9.50 Å². The largest absolute Gasteiger partial charge is 0.383 e. The van der Waals surface area contributed by atoms with Gasteiger partial charge in [0.1, 0.15) is 11.9 Å². The van der Waals surface area contributed by atoms with Crippen LogP contribution < -0.4 is 5.73 Å². The molecule has 0 aliphatic rings. The van der Waals surface area contributed by atoms with Crippen LogP contribution in [-0.4, -0.2) is 21.8 Å². The van der Waals surface area contributed by atoms with E-state index in [0.717, 1.165) is 0 Å². The van der Waals surface area contributed by atoms with Crippen LogP contribution in [0.15, 0.2) is 27.2 Å². The third-order valence-corrected chi connectivity index (χ3v) is 2.75. The molecule has 2 rings (SSSR count). The first-order valence-electron chi connectivity index (χ1n) is 5.28. The fourth-order valence-corrected chi connectivity index (χ4v) is 1.92. The Kier molecular flexibility index (Phi) is 4.05. The van der Waals surface area contributed by atoms with Gasteiger partial charge >= 0.3 is 0 Å². The van der Waals surface area contributed by atoms with Crippen LogP contribution in [0.25, 0.3) is 11.4 Å². The maximum Gasteiger partial charge on any atom is 0.255 e. The summed E-state index contributed by atoms with van der Waals surface area (Å²) < 4.78 is 18.7. The molecule has 0 radical (unpaired) electrons. The lowest BCUT2D eigenvalue weighted by molar-refractivity contribution is 0.127. The monoisotopic (exact) mass is 315 g/mol. The molecule has 3 N–H and O–H groups in total. The first-order valence-corrected chi connectivity index (χ1v) is 6.07. The molecule has 1 aromatic carbocycles. The van der Waals surface area contributed by atoms with Crippen LogP contribution in [0.2, 0.25) is 0 Å². The predicted octanol–water partition coefficient (Wildman–Crippen LogP) is 2.02. The van der Waals surface area contributed by atoms with Gasteiger partial charge in [0.2, 0.25) is 5.82 Å². The quantitative estimate of drug-likeness (QED) is 0.901. The van der Waals surface area contributed by atoms with Gasteiger partial charge in [-0.2, -0.15) is 4.98 Å². The van der Waals surface area contributed by atoms with E-state index in [1.807, 2.05) is 0 Å². The van der Waals surface area contributed by atoms with E-state index in [0.29, 0.717) is 23.0 Å². The van der Waals surface area contributed by atoms with Gasteiger partial charge in [-0.15, -0.1) is 0 Å². The summed E-state index contributed by atoms with van der Waals surface area (Å²) in [6.07, 6.45) is -0.567. The zero-order valence-electron chi connectivity index (χ0n) is 9.31. The zero-order valence-corrected chi connectivity index (χ0v) is 10.9. The summed E-state index contributed by atoms with van der Waals surface area (Å²) in [7, 11) is 0. The van der Waals surface area contributed by atoms with Gasteiger partial charge in [0.05, 0.1) is 0 Å². The molecule has 1 heterocycles. The number of aliphatic hydroxyl groups excluding tert-OH is 1. The average molecular weight is 316 g/mol. The number of benzene rings is 1. The van der Waals surface area contributed by atoms with Crippen LogP contribution in [0.4, 0.5) is 4.39 Å². The number of nitrogens with zero attached hydrogens (tertiary/aromatic N) is 2. The van der Waals surface area contributed by atoms with Crippen molar-refractivity contribution in [2.75, 3.05) is 6.54 Å².